The zero-order valence-corrected chi connectivity index (χ0v) is 12.5. The molecule has 2 aromatic carbocycles. The van der Waals surface area contributed by atoms with Crippen molar-refractivity contribution in [3.63, 3.8) is 0 Å². The number of anilines is 1. The van der Waals surface area contributed by atoms with Crippen molar-refractivity contribution >= 4 is 27.5 Å². The summed E-state index contributed by atoms with van der Waals surface area (Å²) in [4.78, 5) is 12.1. The maximum absolute atomic E-state index is 13.7. The Balaban J connectivity index is 2.35. The van der Waals surface area contributed by atoms with Gasteiger partial charge in [0.05, 0.1) is 0 Å². The van der Waals surface area contributed by atoms with Crippen LogP contribution in [0.5, 0.6) is 0 Å². The second-order valence-electron chi connectivity index (χ2n) is 4.52. The summed E-state index contributed by atoms with van der Waals surface area (Å²) in [6.07, 6.45) is 0. The molecule has 104 valence electrons. The van der Waals surface area contributed by atoms with Gasteiger partial charge in [0.15, 0.2) is 11.6 Å². The molecule has 0 aliphatic heterocycles. The summed E-state index contributed by atoms with van der Waals surface area (Å²) < 4.78 is 27.6. The molecule has 20 heavy (non-hydrogen) atoms. The maximum atomic E-state index is 13.7. The van der Waals surface area contributed by atoms with Crippen molar-refractivity contribution in [2.45, 2.75) is 13.8 Å². The van der Waals surface area contributed by atoms with Gasteiger partial charge in [0.25, 0.3) is 5.91 Å². The van der Waals surface area contributed by atoms with E-state index in [9.17, 15) is 13.6 Å². The van der Waals surface area contributed by atoms with E-state index in [2.05, 4.69) is 21.2 Å². The summed E-state index contributed by atoms with van der Waals surface area (Å²) >= 11 is 2.99. The molecule has 5 heteroatoms. The van der Waals surface area contributed by atoms with Gasteiger partial charge in [-0.05, 0) is 37.6 Å². The average Bonchev–Trinajstić information content (AvgIpc) is 2.36. The number of halogens is 3. The van der Waals surface area contributed by atoms with Gasteiger partial charge in [0.1, 0.15) is 5.69 Å². The Morgan fingerprint density at radius 3 is 2.30 bits per heavy atom. The topological polar surface area (TPSA) is 29.1 Å². The van der Waals surface area contributed by atoms with Crippen molar-refractivity contribution in [3.8, 4) is 0 Å². The first-order chi connectivity index (χ1) is 9.38. The highest BCUT2D eigenvalue weighted by atomic mass is 79.9. The lowest BCUT2D eigenvalue weighted by molar-refractivity contribution is 0.102. The van der Waals surface area contributed by atoms with Crippen LogP contribution in [-0.4, -0.2) is 5.91 Å². The zero-order valence-electron chi connectivity index (χ0n) is 10.9. The monoisotopic (exact) mass is 339 g/mol. The van der Waals surface area contributed by atoms with Crippen molar-refractivity contribution in [2.24, 2.45) is 0 Å². The Labute approximate surface area is 123 Å². The van der Waals surface area contributed by atoms with E-state index in [-0.39, 0.29) is 4.47 Å². The smallest absolute Gasteiger partial charge is 0.256 e. The zero-order chi connectivity index (χ0) is 14.9. The number of amides is 1. The molecule has 0 atom stereocenters. The third-order valence-electron chi connectivity index (χ3n) is 2.88. The van der Waals surface area contributed by atoms with E-state index in [1.54, 1.807) is 19.1 Å². The first-order valence-electron chi connectivity index (χ1n) is 5.91. The summed E-state index contributed by atoms with van der Waals surface area (Å²) in [5.41, 5.74) is 1.59. The van der Waals surface area contributed by atoms with Crippen LogP contribution in [0.25, 0.3) is 0 Å². The molecule has 0 aliphatic rings. The molecular formula is C15H12BrF2NO. The van der Waals surface area contributed by atoms with Gasteiger partial charge in [-0.2, -0.15) is 0 Å². The minimum atomic E-state index is -0.824. The summed E-state index contributed by atoms with van der Waals surface area (Å²) in [5.74, 6) is -2.18. The lowest BCUT2D eigenvalue weighted by Gasteiger charge is -2.10. The maximum Gasteiger partial charge on any atom is 0.256 e. The number of hydrogen-bond acceptors (Lipinski definition) is 1. The summed E-state index contributed by atoms with van der Waals surface area (Å²) in [7, 11) is 0. The Kier molecular flexibility index (Phi) is 4.18. The van der Waals surface area contributed by atoms with Gasteiger partial charge in [-0.3, -0.25) is 4.79 Å². The van der Waals surface area contributed by atoms with E-state index in [4.69, 9.17) is 0 Å². The fourth-order valence-electron chi connectivity index (χ4n) is 1.82. The van der Waals surface area contributed by atoms with Crippen LogP contribution in [0.3, 0.4) is 0 Å². The van der Waals surface area contributed by atoms with Crippen LogP contribution in [0.15, 0.2) is 34.8 Å². The van der Waals surface area contributed by atoms with Gasteiger partial charge in [-0.15, -0.1) is 0 Å². The van der Waals surface area contributed by atoms with Gasteiger partial charge in [-0.1, -0.05) is 33.6 Å². The molecule has 0 heterocycles. The van der Waals surface area contributed by atoms with Crippen molar-refractivity contribution in [2.75, 3.05) is 5.32 Å². The Bertz CT molecular complexity index is 663. The molecule has 0 fully saturated rings. The number of hydrogen-bond donors (Lipinski definition) is 1. The molecule has 0 radical (unpaired) electrons. The van der Waals surface area contributed by atoms with Gasteiger partial charge in [0.2, 0.25) is 0 Å². The number of benzene rings is 2. The van der Waals surface area contributed by atoms with E-state index in [0.29, 0.717) is 5.56 Å². The van der Waals surface area contributed by atoms with Crippen molar-refractivity contribution < 1.29 is 13.6 Å². The van der Waals surface area contributed by atoms with E-state index < -0.39 is 23.2 Å². The van der Waals surface area contributed by atoms with Crippen molar-refractivity contribution in [1.82, 2.24) is 0 Å². The third kappa shape index (κ3) is 3.04. The molecule has 2 aromatic rings. The van der Waals surface area contributed by atoms with E-state index in [0.717, 1.165) is 23.3 Å². The summed E-state index contributed by atoms with van der Waals surface area (Å²) in [5, 5.41) is 2.28. The number of carbonyl (C=O) groups excluding carboxylic acids is 1. The predicted octanol–water partition coefficient (Wildman–Crippen LogP) is 4.60. The minimum absolute atomic E-state index is 0.275. The van der Waals surface area contributed by atoms with Gasteiger partial charge >= 0.3 is 0 Å². The standard InChI is InChI=1S/C15H12BrF2NO/c1-8-3-4-9(2)11(5-8)15(20)19-14-12(17)6-10(16)7-13(14)18/h3-7H,1-2H3,(H,19,20). The number of nitrogens with one attached hydrogen (secondary N) is 1. The Hall–Kier alpha value is -1.75. The van der Waals surface area contributed by atoms with Crippen LogP contribution in [0, 0.1) is 25.5 Å². The van der Waals surface area contributed by atoms with E-state index in [1.165, 1.54) is 0 Å². The molecule has 1 amide bonds. The first kappa shape index (κ1) is 14.7. The SMILES string of the molecule is Cc1ccc(C)c(C(=O)Nc2c(F)cc(Br)cc2F)c1. The van der Waals surface area contributed by atoms with Crippen LogP contribution in [0.1, 0.15) is 21.5 Å². The van der Waals surface area contributed by atoms with Gasteiger partial charge in [-0.25, -0.2) is 8.78 Å². The lowest BCUT2D eigenvalue weighted by atomic mass is 10.0. The molecule has 2 nitrogen and oxygen atoms in total. The quantitative estimate of drug-likeness (QED) is 0.851. The molecule has 2 rings (SSSR count). The number of aryl methyl sites for hydroxylation is 2. The molecule has 0 saturated heterocycles. The molecule has 0 spiro atoms. The highest BCUT2D eigenvalue weighted by Crippen LogP contribution is 2.24. The van der Waals surface area contributed by atoms with Crippen LogP contribution < -0.4 is 5.32 Å². The number of carbonyl (C=O) groups is 1. The molecule has 0 aliphatic carbocycles. The van der Waals surface area contributed by atoms with Crippen LogP contribution >= 0.6 is 15.9 Å². The van der Waals surface area contributed by atoms with Crippen LogP contribution in [0.4, 0.5) is 14.5 Å². The lowest BCUT2D eigenvalue weighted by Crippen LogP contribution is -2.15. The normalized spacial score (nSPS) is 10.4. The van der Waals surface area contributed by atoms with Gasteiger partial charge in [0, 0.05) is 10.0 Å². The largest absolute Gasteiger partial charge is 0.317 e. The highest BCUT2D eigenvalue weighted by Gasteiger charge is 2.16. The molecule has 1 N–H and O–H groups in total. The molecule has 0 saturated carbocycles. The van der Waals surface area contributed by atoms with Crippen molar-refractivity contribution in [1.29, 1.82) is 0 Å². The Morgan fingerprint density at radius 2 is 1.70 bits per heavy atom. The summed E-state index contributed by atoms with van der Waals surface area (Å²) in [6.45, 7) is 3.61. The average molecular weight is 340 g/mol. The van der Waals surface area contributed by atoms with Crippen LogP contribution in [-0.2, 0) is 0 Å². The van der Waals surface area contributed by atoms with Crippen molar-refractivity contribution in [3.05, 3.63) is 63.1 Å². The fourth-order valence-corrected chi connectivity index (χ4v) is 2.22. The molecular weight excluding hydrogens is 328 g/mol. The fraction of sp³-hybridized carbons (Fsp3) is 0.133. The second kappa shape index (κ2) is 5.71. The summed E-state index contributed by atoms with van der Waals surface area (Å²) in [6, 6.07) is 7.54. The third-order valence-corrected chi connectivity index (χ3v) is 3.34. The van der Waals surface area contributed by atoms with E-state index >= 15 is 0 Å². The Morgan fingerprint density at radius 1 is 1.10 bits per heavy atom. The molecule has 0 aromatic heterocycles. The van der Waals surface area contributed by atoms with Crippen LogP contribution in [0.2, 0.25) is 0 Å². The van der Waals surface area contributed by atoms with E-state index in [1.807, 2.05) is 13.0 Å². The minimum Gasteiger partial charge on any atom is -0.317 e. The highest BCUT2D eigenvalue weighted by molar-refractivity contribution is 9.10. The second-order valence-corrected chi connectivity index (χ2v) is 5.43. The van der Waals surface area contributed by atoms with Gasteiger partial charge < -0.3 is 5.32 Å². The number of rotatable bonds is 2. The molecule has 0 unspecified atom stereocenters. The predicted molar refractivity (Wildman–Crippen MR) is 77.9 cm³/mol. The molecule has 0 bridgehead atoms. The first-order valence-corrected chi connectivity index (χ1v) is 6.71.